The van der Waals surface area contributed by atoms with E-state index in [-0.39, 0.29) is 18.0 Å². The van der Waals surface area contributed by atoms with Crippen LogP contribution in [0, 0.1) is 11.3 Å². The first-order valence-corrected chi connectivity index (χ1v) is 12.1. The van der Waals surface area contributed by atoms with E-state index in [1.54, 1.807) is 50.1 Å². The number of carbonyl (C=O) groups excluding carboxylic acids is 1. The van der Waals surface area contributed by atoms with E-state index in [1.807, 2.05) is 19.1 Å². The van der Waals surface area contributed by atoms with Crippen molar-refractivity contribution in [3.05, 3.63) is 87.7 Å². The number of carbonyl (C=O) groups is 1. The van der Waals surface area contributed by atoms with Crippen molar-refractivity contribution < 1.29 is 19.2 Å². The Labute approximate surface area is 224 Å². The topological polar surface area (TPSA) is 161 Å². The highest BCUT2D eigenvalue weighted by Gasteiger charge is 2.32. The Bertz CT molecular complexity index is 1580. The molecule has 0 aliphatic heterocycles. The van der Waals surface area contributed by atoms with Gasteiger partial charge in [-0.05, 0) is 31.0 Å². The summed E-state index contributed by atoms with van der Waals surface area (Å²) in [5.74, 6) is -1.58. The molecule has 2 atom stereocenters. The van der Waals surface area contributed by atoms with Crippen molar-refractivity contribution in [2.75, 3.05) is 12.4 Å². The second kappa shape index (κ2) is 10.9. The highest BCUT2D eigenvalue weighted by atomic mass is 16.5. The fraction of sp³-hybridized carbons (Fsp3) is 0.333. The Hall–Kier alpha value is -4.76. The zero-order valence-corrected chi connectivity index (χ0v) is 22.2. The van der Waals surface area contributed by atoms with Crippen molar-refractivity contribution in [3.8, 4) is 11.8 Å². The number of methoxy groups -OCH3 is 1. The third-order valence-corrected chi connectivity index (χ3v) is 6.28. The Morgan fingerprint density at radius 1 is 1.31 bits per heavy atom. The van der Waals surface area contributed by atoms with Gasteiger partial charge >= 0.3 is 0 Å². The zero-order chi connectivity index (χ0) is 28.3. The van der Waals surface area contributed by atoms with Crippen molar-refractivity contribution in [1.82, 2.24) is 24.5 Å². The summed E-state index contributed by atoms with van der Waals surface area (Å²) in [5.41, 5.74) is 0.450. The molecule has 0 aliphatic rings. The maximum atomic E-state index is 13.3. The number of hydrogen-bond acceptors (Lipinski definition) is 9. The van der Waals surface area contributed by atoms with E-state index in [4.69, 9.17) is 9.26 Å². The van der Waals surface area contributed by atoms with Crippen molar-refractivity contribution in [1.29, 1.82) is 5.26 Å². The minimum absolute atomic E-state index is 0.200. The second-order valence-corrected chi connectivity index (χ2v) is 9.83. The summed E-state index contributed by atoms with van der Waals surface area (Å²) in [6, 6.07) is 9.40. The number of ether oxygens (including phenoxy) is 1. The number of benzene rings is 1. The van der Waals surface area contributed by atoms with Crippen LogP contribution in [-0.2, 0) is 13.6 Å². The molecule has 12 heteroatoms. The number of rotatable bonds is 9. The van der Waals surface area contributed by atoms with Crippen LogP contribution in [0.15, 0.2) is 58.4 Å². The van der Waals surface area contributed by atoms with Crippen LogP contribution in [0.1, 0.15) is 65.6 Å². The number of anilines is 1. The van der Waals surface area contributed by atoms with E-state index in [1.165, 1.54) is 24.1 Å². The molecule has 202 valence electrons. The minimum Gasteiger partial charge on any atom is -0.489 e. The van der Waals surface area contributed by atoms with Crippen LogP contribution in [0.2, 0.25) is 0 Å². The fourth-order valence-electron chi connectivity index (χ4n) is 4.58. The maximum Gasteiger partial charge on any atom is 0.296 e. The molecule has 0 aliphatic carbocycles. The molecule has 0 radical (unpaired) electrons. The highest BCUT2D eigenvalue weighted by Crippen LogP contribution is 2.39. The van der Waals surface area contributed by atoms with E-state index >= 15 is 0 Å². The summed E-state index contributed by atoms with van der Waals surface area (Å²) in [7, 11) is 2.84. The van der Waals surface area contributed by atoms with Gasteiger partial charge in [0.15, 0.2) is 5.69 Å². The van der Waals surface area contributed by atoms with Crippen molar-refractivity contribution in [3.63, 3.8) is 0 Å². The predicted molar refractivity (Wildman–Crippen MR) is 140 cm³/mol. The van der Waals surface area contributed by atoms with Crippen LogP contribution in [0.25, 0.3) is 0 Å². The first-order chi connectivity index (χ1) is 18.5. The molecule has 0 saturated heterocycles. The van der Waals surface area contributed by atoms with Crippen LogP contribution >= 0.6 is 0 Å². The molecule has 0 spiro atoms. The smallest absolute Gasteiger partial charge is 0.296 e. The third kappa shape index (κ3) is 5.73. The molecule has 4 aromatic rings. The Kier molecular flexibility index (Phi) is 7.64. The molecule has 12 nitrogen and oxygen atoms in total. The summed E-state index contributed by atoms with van der Waals surface area (Å²) in [5, 5.41) is 30.7. The number of nitrogens with zero attached hydrogens (tertiary/aromatic N) is 6. The summed E-state index contributed by atoms with van der Waals surface area (Å²) in [4.78, 5) is 31.1. The number of amides is 1. The van der Waals surface area contributed by atoms with Gasteiger partial charge in [0.2, 0.25) is 5.75 Å². The molecule has 1 aromatic carbocycles. The summed E-state index contributed by atoms with van der Waals surface area (Å²) < 4.78 is 13.0. The lowest BCUT2D eigenvalue weighted by Gasteiger charge is -2.26. The van der Waals surface area contributed by atoms with Gasteiger partial charge in [-0.15, -0.1) is 0 Å². The van der Waals surface area contributed by atoms with Gasteiger partial charge in [0, 0.05) is 25.1 Å². The van der Waals surface area contributed by atoms with Gasteiger partial charge in [0.05, 0.1) is 43.3 Å². The number of nitriles is 1. The number of aromatic nitrogens is 5. The summed E-state index contributed by atoms with van der Waals surface area (Å²) >= 11 is 0. The Morgan fingerprint density at radius 3 is 2.69 bits per heavy atom. The average molecular weight is 532 g/mol. The lowest BCUT2D eigenvalue weighted by atomic mass is 9.80. The van der Waals surface area contributed by atoms with Crippen molar-refractivity contribution in [2.24, 2.45) is 7.05 Å². The Morgan fingerprint density at radius 2 is 2.05 bits per heavy atom. The van der Waals surface area contributed by atoms with Gasteiger partial charge in [0.25, 0.3) is 11.5 Å². The molecule has 4 rings (SSSR count). The van der Waals surface area contributed by atoms with Gasteiger partial charge in [-0.2, -0.15) is 10.4 Å². The van der Waals surface area contributed by atoms with E-state index < -0.39 is 28.9 Å². The Balaban J connectivity index is 1.86. The molecule has 2 N–H and O–H groups in total. The quantitative estimate of drug-likeness (QED) is 0.331. The van der Waals surface area contributed by atoms with Gasteiger partial charge < -0.3 is 19.7 Å². The molecule has 1 amide bonds. The second-order valence-electron chi connectivity index (χ2n) is 9.83. The lowest BCUT2D eigenvalue weighted by molar-refractivity contribution is 0.0577. The zero-order valence-electron chi connectivity index (χ0n) is 22.2. The molecule has 0 saturated carbocycles. The largest absolute Gasteiger partial charge is 0.489 e. The van der Waals surface area contributed by atoms with Crippen LogP contribution in [0.4, 0.5) is 5.69 Å². The molecule has 3 heterocycles. The van der Waals surface area contributed by atoms with E-state index in [2.05, 4.69) is 26.6 Å². The predicted octanol–water partition coefficient (Wildman–Crippen LogP) is 2.80. The molecular weight excluding hydrogens is 502 g/mol. The molecular formula is C27H29N7O5. The first-order valence-electron chi connectivity index (χ1n) is 12.1. The molecule has 2 unspecified atom stereocenters. The van der Waals surface area contributed by atoms with Crippen molar-refractivity contribution >= 4 is 11.6 Å². The molecule has 3 aromatic heterocycles. The number of nitrogens with one attached hydrogen (secondary N) is 1. The molecule has 0 bridgehead atoms. The highest BCUT2D eigenvalue weighted by molar-refractivity contribution is 6.04. The summed E-state index contributed by atoms with van der Waals surface area (Å²) in [6.45, 7) is 5.48. The van der Waals surface area contributed by atoms with E-state index in [0.29, 0.717) is 22.6 Å². The number of hydrogen-bond donors (Lipinski definition) is 2. The van der Waals surface area contributed by atoms with Gasteiger partial charge in [-0.1, -0.05) is 30.3 Å². The summed E-state index contributed by atoms with van der Waals surface area (Å²) in [6.07, 6.45) is 6.03. The van der Waals surface area contributed by atoms with E-state index in [9.17, 15) is 20.0 Å². The van der Waals surface area contributed by atoms with Gasteiger partial charge in [-0.3, -0.25) is 18.8 Å². The van der Waals surface area contributed by atoms with Gasteiger partial charge in [-0.25, -0.2) is 4.98 Å². The third-order valence-electron chi connectivity index (χ3n) is 6.28. The van der Waals surface area contributed by atoms with Crippen LogP contribution < -0.4 is 15.6 Å². The standard InChI is InChI=1S/C27H29N7O5/c1-16(24-32-22(23(38-5)26(36)33(24)4)25(35)31-19-12-30-39-14-19)21(20-9-7-6-8-17(20)10-28)18-11-29-34(13-18)15-27(2,3)37/h6-9,11-14,16,21,37H,15H2,1-5H3,(H,31,35). The maximum absolute atomic E-state index is 13.3. The lowest BCUT2D eigenvalue weighted by Crippen LogP contribution is -2.31. The number of aliphatic hydroxyl groups is 1. The average Bonchev–Trinajstić information content (AvgIpc) is 3.57. The van der Waals surface area contributed by atoms with Gasteiger partial charge in [0.1, 0.15) is 17.8 Å². The minimum atomic E-state index is -0.997. The van der Waals surface area contributed by atoms with Crippen LogP contribution in [0.3, 0.4) is 0 Å². The molecule has 39 heavy (non-hydrogen) atoms. The molecule has 0 fully saturated rings. The van der Waals surface area contributed by atoms with Crippen LogP contribution in [-0.4, -0.2) is 48.2 Å². The van der Waals surface area contributed by atoms with Crippen LogP contribution in [0.5, 0.6) is 5.75 Å². The SMILES string of the molecule is COc1c(C(=O)Nc2cnoc2)nc(C(C)C(c2cnn(CC(C)(C)O)c2)c2ccccc2C#N)n(C)c1=O. The van der Waals surface area contributed by atoms with E-state index in [0.717, 1.165) is 5.56 Å². The first kappa shape index (κ1) is 27.3. The normalized spacial score (nSPS) is 12.9. The monoisotopic (exact) mass is 531 g/mol. The van der Waals surface area contributed by atoms with Crippen molar-refractivity contribution in [2.45, 2.75) is 44.8 Å². The fourth-order valence-corrected chi connectivity index (χ4v) is 4.58.